The minimum absolute atomic E-state index is 0.0742. The number of morpholine rings is 1. The SMILES string of the molecule is CC(OC(=O)C1CC(Cl)CN1)C(=O)Nc1cccc(S(=O)(=O)N2CCOCC2)c1. The molecule has 0 saturated carbocycles. The van der Waals surface area contributed by atoms with E-state index in [2.05, 4.69) is 10.6 Å². The number of hydrogen-bond donors (Lipinski definition) is 2. The van der Waals surface area contributed by atoms with Crippen LogP contribution in [0.4, 0.5) is 5.69 Å². The molecule has 2 fully saturated rings. The second-order valence-electron chi connectivity index (χ2n) is 6.91. The molecule has 0 bridgehead atoms. The van der Waals surface area contributed by atoms with Crippen molar-refractivity contribution in [2.45, 2.75) is 35.8 Å². The fraction of sp³-hybridized carbons (Fsp3) is 0.556. The molecule has 3 atom stereocenters. The van der Waals surface area contributed by atoms with Crippen LogP contribution in [0.1, 0.15) is 13.3 Å². The predicted octanol–water partition coefficient (Wildman–Crippen LogP) is 0.547. The largest absolute Gasteiger partial charge is 0.451 e. The first-order valence-electron chi connectivity index (χ1n) is 9.34. The van der Waals surface area contributed by atoms with E-state index in [1.807, 2.05) is 0 Å². The molecule has 29 heavy (non-hydrogen) atoms. The van der Waals surface area contributed by atoms with Crippen molar-refractivity contribution in [2.75, 3.05) is 38.2 Å². The molecule has 2 N–H and O–H groups in total. The smallest absolute Gasteiger partial charge is 0.323 e. The van der Waals surface area contributed by atoms with Gasteiger partial charge in [-0.1, -0.05) is 6.07 Å². The molecule has 1 amide bonds. The predicted molar refractivity (Wildman–Crippen MR) is 106 cm³/mol. The van der Waals surface area contributed by atoms with Gasteiger partial charge in [0.2, 0.25) is 10.0 Å². The minimum atomic E-state index is -3.68. The third-order valence-electron chi connectivity index (χ3n) is 4.73. The molecule has 2 aliphatic rings. The summed E-state index contributed by atoms with van der Waals surface area (Å²) in [5.74, 6) is -1.10. The Morgan fingerprint density at radius 3 is 2.72 bits per heavy atom. The van der Waals surface area contributed by atoms with Crippen LogP contribution >= 0.6 is 11.6 Å². The number of amides is 1. The number of halogens is 1. The van der Waals surface area contributed by atoms with Gasteiger partial charge in [0.15, 0.2) is 6.10 Å². The number of benzene rings is 1. The van der Waals surface area contributed by atoms with Crippen LogP contribution in [0.3, 0.4) is 0 Å². The Labute approximate surface area is 174 Å². The van der Waals surface area contributed by atoms with E-state index >= 15 is 0 Å². The Balaban J connectivity index is 1.61. The lowest BCUT2D eigenvalue weighted by Crippen LogP contribution is -2.40. The highest BCUT2D eigenvalue weighted by Gasteiger charge is 2.31. The van der Waals surface area contributed by atoms with Crippen LogP contribution in [0.5, 0.6) is 0 Å². The van der Waals surface area contributed by atoms with E-state index in [1.54, 1.807) is 12.1 Å². The lowest BCUT2D eigenvalue weighted by atomic mass is 10.2. The number of rotatable bonds is 6. The number of nitrogens with zero attached hydrogens (tertiary/aromatic N) is 1. The van der Waals surface area contributed by atoms with Crippen molar-refractivity contribution in [3.8, 4) is 0 Å². The summed E-state index contributed by atoms with van der Waals surface area (Å²) in [6.45, 7) is 3.22. The van der Waals surface area contributed by atoms with E-state index in [0.717, 1.165) is 0 Å². The monoisotopic (exact) mass is 445 g/mol. The molecule has 3 rings (SSSR count). The lowest BCUT2D eigenvalue weighted by molar-refractivity contribution is -0.154. The fourth-order valence-electron chi connectivity index (χ4n) is 3.10. The molecular weight excluding hydrogens is 422 g/mol. The zero-order valence-corrected chi connectivity index (χ0v) is 17.5. The van der Waals surface area contributed by atoms with Crippen LogP contribution in [0.2, 0.25) is 0 Å². The van der Waals surface area contributed by atoms with E-state index in [4.69, 9.17) is 21.1 Å². The van der Waals surface area contributed by atoms with Crippen molar-refractivity contribution in [1.29, 1.82) is 0 Å². The van der Waals surface area contributed by atoms with E-state index < -0.39 is 34.0 Å². The van der Waals surface area contributed by atoms with Gasteiger partial charge in [-0.3, -0.25) is 9.59 Å². The molecular formula is C18H24ClN3O6S. The van der Waals surface area contributed by atoms with Crippen molar-refractivity contribution in [1.82, 2.24) is 9.62 Å². The number of carbonyl (C=O) groups excluding carboxylic acids is 2. The Kier molecular flexibility index (Phi) is 7.12. The van der Waals surface area contributed by atoms with Crippen molar-refractivity contribution >= 4 is 39.2 Å². The summed E-state index contributed by atoms with van der Waals surface area (Å²) in [6.07, 6.45) is -0.603. The quantitative estimate of drug-likeness (QED) is 0.485. The third-order valence-corrected chi connectivity index (χ3v) is 6.96. The second kappa shape index (κ2) is 9.40. The number of anilines is 1. The number of carbonyl (C=O) groups is 2. The molecule has 2 aliphatic heterocycles. The number of esters is 1. The summed E-state index contributed by atoms with van der Waals surface area (Å²) in [5.41, 5.74) is 0.298. The molecule has 9 nitrogen and oxygen atoms in total. The molecule has 1 aromatic carbocycles. The first-order chi connectivity index (χ1) is 13.8. The maximum Gasteiger partial charge on any atom is 0.323 e. The van der Waals surface area contributed by atoms with Crippen molar-refractivity contribution < 1.29 is 27.5 Å². The van der Waals surface area contributed by atoms with Gasteiger partial charge in [-0.15, -0.1) is 11.6 Å². The average Bonchev–Trinajstić information content (AvgIpc) is 3.15. The third kappa shape index (κ3) is 5.46. The summed E-state index contributed by atoms with van der Waals surface area (Å²) >= 11 is 5.96. The molecule has 2 heterocycles. The van der Waals surface area contributed by atoms with Gasteiger partial charge in [-0.05, 0) is 31.5 Å². The molecule has 0 aliphatic carbocycles. The van der Waals surface area contributed by atoms with Gasteiger partial charge >= 0.3 is 5.97 Å². The van der Waals surface area contributed by atoms with E-state index in [0.29, 0.717) is 31.9 Å². The van der Waals surface area contributed by atoms with Gasteiger partial charge in [0.1, 0.15) is 6.04 Å². The van der Waals surface area contributed by atoms with E-state index in [-0.39, 0.29) is 23.4 Å². The van der Waals surface area contributed by atoms with Crippen LogP contribution in [0.25, 0.3) is 0 Å². The number of ether oxygens (including phenoxy) is 2. The first-order valence-corrected chi connectivity index (χ1v) is 11.2. The van der Waals surface area contributed by atoms with Crippen molar-refractivity contribution in [3.63, 3.8) is 0 Å². The highest BCUT2D eigenvalue weighted by atomic mass is 35.5. The number of hydrogen-bond acceptors (Lipinski definition) is 7. The van der Waals surface area contributed by atoms with Gasteiger partial charge < -0.3 is 20.1 Å². The summed E-state index contributed by atoms with van der Waals surface area (Å²) in [5, 5.41) is 5.38. The first kappa shape index (κ1) is 22.0. The summed E-state index contributed by atoms with van der Waals surface area (Å²) in [7, 11) is -3.68. The summed E-state index contributed by atoms with van der Waals surface area (Å²) < 4.78 is 37.2. The minimum Gasteiger partial charge on any atom is -0.451 e. The molecule has 0 aromatic heterocycles. The van der Waals surface area contributed by atoms with Gasteiger partial charge in [0, 0.05) is 30.7 Å². The Hall–Kier alpha value is -1.72. The molecule has 160 valence electrons. The second-order valence-corrected chi connectivity index (χ2v) is 9.46. The van der Waals surface area contributed by atoms with Gasteiger partial charge in [0.05, 0.1) is 18.1 Å². The van der Waals surface area contributed by atoms with Crippen LogP contribution in [-0.2, 0) is 29.1 Å². The summed E-state index contributed by atoms with van der Waals surface area (Å²) in [4.78, 5) is 24.6. The molecule has 2 saturated heterocycles. The topological polar surface area (TPSA) is 114 Å². The Morgan fingerprint density at radius 1 is 1.34 bits per heavy atom. The number of alkyl halides is 1. The standard InChI is InChI=1S/C18H24ClN3O6S/c1-12(28-18(24)16-9-13(19)11-20-16)17(23)21-14-3-2-4-15(10-14)29(25,26)22-5-7-27-8-6-22/h2-4,10,12-13,16,20H,5-9,11H2,1H3,(H,21,23). The van der Waals surface area contributed by atoms with E-state index in [1.165, 1.54) is 23.4 Å². The number of sulfonamides is 1. The molecule has 11 heteroatoms. The highest BCUT2D eigenvalue weighted by Crippen LogP contribution is 2.21. The van der Waals surface area contributed by atoms with Crippen molar-refractivity contribution in [2.24, 2.45) is 0 Å². The number of nitrogens with one attached hydrogen (secondary N) is 2. The summed E-state index contributed by atoms with van der Waals surface area (Å²) in [6, 6.07) is 5.44. The average molecular weight is 446 g/mol. The van der Waals surface area contributed by atoms with Crippen LogP contribution < -0.4 is 10.6 Å². The molecule has 0 spiro atoms. The molecule has 0 radical (unpaired) electrons. The maximum absolute atomic E-state index is 12.7. The maximum atomic E-state index is 12.7. The Bertz CT molecular complexity index is 859. The molecule has 1 aromatic rings. The molecule has 3 unspecified atom stereocenters. The zero-order valence-electron chi connectivity index (χ0n) is 16.0. The van der Waals surface area contributed by atoms with Crippen LogP contribution in [-0.4, -0.2) is 75.0 Å². The van der Waals surface area contributed by atoms with Gasteiger partial charge in [0.25, 0.3) is 5.91 Å². The Morgan fingerprint density at radius 2 is 2.07 bits per heavy atom. The normalized spacial score (nSPS) is 24.1. The van der Waals surface area contributed by atoms with Gasteiger partial charge in [-0.2, -0.15) is 4.31 Å². The van der Waals surface area contributed by atoms with Crippen LogP contribution in [0.15, 0.2) is 29.2 Å². The van der Waals surface area contributed by atoms with Gasteiger partial charge in [-0.25, -0.2) is 8.42 Å². The zero-order chi connectivity index (χ0) is 21.0. The highest BCUT2D eigenvalue weighted by molar-refractivity contribution is 7.89. The van der Waals surface area contributed by atoms with Crippen LogP contribution in [0, 0.1) is 0 Å². The lowest BCUT2D eigenvalue weighted by Gasteiger charge is -2.26. The van der Waals surface area contributed by atoms with Crippen molar-refractivity contribution in [3.05, 3.63) is 24.3 Å². The van der Waals surface area contributed by atoms with E-state index in [9.17, 15) is 18.0 Å². The fourth-order valence-corrected chi connectivity index (χ4v) is 4.82.